The highest BCUT2D eigenvalue weighted by molar-refractivity contribution is 6.16. The van der Waals surface area contributed by atoms with Crippen LogP contribution in [0.1, 0.15) is 11.1 Å². The molecule has 0 saturated carbocycles. The maximum absolute atomic E-state index is 9.82. The Morgan fingerprint density at radius 2 is 1.11 bits per heavy atom. The van der Waals surface area contributed by atoms with Gasteiger partial charge in [-0.15, -0.1) is 0 Å². The highest BCUT2D eigenvalue weighted by Gasteiger charge is 2.19. The molecular formula is C32H19N3. The molecule has 0 unspecified atom stereocenters. The van der Waals surface area contributed by atoms with Gasteiger partial charge in [0.05, 0.1) is 34.3 Å². The fourth-order valence-electron chi connectivity index (χ4n) is 4.97. The first-order chi connectivity index (χ1) is 17.3. The van der Waals surface area contributed by atoms with Crippen molar-refractivity contribution >= 4 is 21.8 Å². The predicted molar refractivity (Wildman–Crippen MR) is 141 cm³/mol. The van der Waals surface area contributed by atoms with Crippen LogP contribution in [0.25, 0.3) is 49.7 Å². The number of fused-ring (bicyclic) bond motifs is 3. The molecule has 0 saturated heterocycles. The van der Waals surface area contributed by atoms with Crippen LogP contribution in [0.3, 0.4) is 0 Å². The van der Waals surface area contributed by atoms with E-state index in [0.29, 0.717) is 16.7 Å². The lowest BCUT2D eigenvalue weighted by molar-refractivity contribution is 1.18. The van der Waals surface area contributed by atoms with Crippen LogP contribution < -0.4 is 0 Å². The van der Waals surface area contributed by atoms with Gasteiger partial charge in [-0.05, 0) is 53.1 Å². The molecule has 1 aromatic heterocycles. The van der Waals surface area contributed by atoms with Gasteiger partial charge in [-0.1, -0.05) is 78.9 Å². The Labute approximate surface area is 203 Å². The Hall–Kier alpha value is -5.12. The molecule has 5 aromatic carbocycles. The third kappa shape index (κ3) is 3.27. The first-order valence-electron chi connectivity index (χ1n) is 11.4. The average molecular weight is 446 g/mol. The lowest BCUT2D eigenvalue weighted by atomic mass is 9.92. The zero-order valence-corrected chi connectivity index (χ0v) is 18.8. The molecule has 0 fully saturated rings. The minimum atomic E-state index is 0.501. The molecule has 0 amide bonds. The van der Waals surface area contributed by atoms with Gasteiger partial charge < -0.3 is 4.57 Å². The SMILES string of the molecule is N#Cc1cccc(C#N)c1-c1cccc2c1c1ccccc1n2-c1ccc(-c2ccccc2)cc1. The summed E-state index contributed by atoms with van der Waals surface area (Å²) >= 11 is 0. The van der Waals surface area contributed by atoms with Gasteiger partial charge in [-0.2, -0.15) is 10.5 Å². The number of nitriles is 2. The Morgan fingerprint density at radius 1 is 0.514 bits per heavy atom. The topological polar surface area (TPSA) is 52.5 Å². The van der Waals surface area contributed by atoms with E-state index in [1.165, 1.54) is 5.56 Å². The number of rotatable bonds is 3. The van der Waals surface area contributed by atoms with Crippen molar-refractivity contribution in [2.24, 2.45) is 0 Å². The molecule has 0 radical (unpaired) electrons. The van der Waals surface area contributed by atoms with E-state index in [2.05, 4.69) is 71.3 Å². The van der Waals surface area contributed by atoms with Crippen LogP contribution in [0.5, 0.6) is 0 Å². The molecule has 3 heteroatoms. The monoisotopic (exact) mass is 445 g/mol. The van der Waals surface area contributed by atoms with Crippen molar-refractivity contribution in [3.63, 3.8) is 0 Å². The van der Waals surface area contributed by atoms with Gasteiger partial charge in [0.2, 0.25) is 0 Å². The Bertz CT molecular complexity index is 1760. The van der Waals surface area contributed by atoms with E-state index in [1.807, 2.05) is 42.5 Å². The zero-order chi connectivity index (χ0) is 23.8. The molecule has 6 rings (SSSR count). The van der Waals surface area contributed by atoms with Gasteiger partial charge in [-0.25, -0.2) is 0 Å². The van der Waals surface area contributed by atoms with E-state index in [9.17, 15) is 10.5 Å². The maximum atomic E-state index is 9.82. The Kier molecular flexibility index (Phi) is 4.88. The smallest absolute Gasteiger partial charge is 0.0998 e. The van der Waals surface area contributed by atoms with Crippen molar-refractivity contribution in [1.82, 2.24) is 4.57 Å². The van der Waals surface area contributed by atoms with E-state index in [4.69, 9.17) is 0 Å². The molecule has 1 heterocycles. The van der Waals surface area contributed by atoms with Gasteiger partial charge in [-0.3, -0.25) is 0 Å². The van der Waals surface area contributed by atoms with Crippen molar-refractivity contribution in [1.29, 1.82) is 10.5 Å². The van der Waals surface area contributed by atoms with Crippen LogP contribution >= 0.6 is 0 Å². The summed E-state index contributed by atoms with van der Waals surface area (Å²) in [5, 5.41) is 21.8. The molecule has 0 aliphatic rings. The molecule has 6 aromatic rings. The molecule has 0 aliphatic heterocycles. The van der Waals surface area contributed by atoms with Crippen LogP contribution in [0.2, 0.25) is 0 Å². The summed E-state index contributed by atoms with van der Waals surface area (Å²) in [6, 6.07) is 43.2. The first kappa shape index (κ1) is 20.5. The fraction of sp³-hybridized carbons (Fsp3) is 0. The number of para-hydroxylation sites is 1. The van der Waals surface area contributed by atoms with Gasteiger partial charge >= 0.3 is 0 Å². The molecule has 0 bridgehead atoms. The first-order valence-corrected chi connectivity index (χ1v) is 11.4. The number of aromatic nitrogens is 1. The largest absolute Gasteiger partial charge is 0.309 e. The number of nitrogens with zero attached hydrogens (tertiary/aromatic N) is 3. The molecule has 3 nitrogen and oxygen atoms in total. The summed E-state index contributed by atoms with van der Waals surface area (Å²) < 4.78 is 2.25. The fourth-order valence-corrected chi connectivity index (χ4v) is 4.97. The summed E-state index contributed by atoms with van der Waals surface area (Å²) in [6.07, 6.45) is 0. The van der Waals surface area contributed by atoms with Crippen molar-refractivity contribution < 1.29 is 0 Å². The molecule has 0 spiro atoms. The minimum Gasteiger partial charge on any atom is -0.309 e. The standard InChI is InChI=1S/C32H19N3/c33-20-24-10-6-11-25(21-34)31(24)28-13-7-15-30-32(28)27-12-4-5-14-29(27)35(30)26-18-16-23(17-19-26)22-8-2-1-3-9-22/h1-19H. The molecule has 35 heavy (non-hydrogen) atoms. The average Bonchev–Trinajstić information content (AvgIpc) is 3.28. The van der Waals surface area contributed by atoms with E-state index in [0.717, 1.165) is 38.6 Å². The van der Waals surface area contributed by atoms with Gasteiger partial charge in [0.15, 0.2) is 0 Å². The molecule has 0 atom stereocenters. The van der Waals surface area contributed by atoms with Crippen molar-refractivity contribution in [3.8, 4) is 40.1 Å². The molecule has 0 aliphatic carbocycles. The molecule has 162 valence electrons. The second-order valence-corrected chi connectivity index (χ2v) is 8.42. The minimum absolute atomic E-state index is 0.501. The van der Waals surface area contributed by atoms with Crippen LogP contribution in [0.15, 0.2) is 115 Å². The van der Waals surface area contributed by atoms with E-state index >= 15 is 0 Å². The van der Waals surface area contributed by atoms with Gasteiger partial charge in [0.1, 0.15) is 0 Å². The van der Waals surface area contributed by atoms with Gasteiger partial charge in [0, 0.05) is 22.0 Å². The summed E-state index contributed by atoms with van der Waals surface area (Å²) in [5.41, 5.74) is 8.10. The highest BCUT2D eigenvalue weighted by atomic mass is 15.0. The van der Waals surface area contributed by atoms with Gasteiger partial charge in [0.25, 0.3) is 0 Å². The van der Waals surface area contributed by atoms with E-state index in [1.54, 1.807) is 18.2 Å². The normalized spacial score (nSPS) is 10.8. The quantitative estimate of drug-likeness (QED) is 0.278. The predicted octanol–water partition coefficient (Wildman–Crippen LogP) is 7.86. The Morgan fingerprint density at radius 3 is 1.83 bits per heavy atom. The van der Waals surface area contributed by atoms with Crippen molar-refractivity contribution in [3.05, 3.63) is 126 Å². The number of benzene rings is 5. The highest BCUT2D eigenvalue weighted by Crippen LogP contribution is 2.40. The third-order valence-corrected chi connectivity index (χ3v) is 6.50. The summed E-state index contributed by atoms with van der Waals surface area (Å²) in [6.45, 7) is 0. The second-order valence-electron chi connectivity index (χ2n) is 8.42. The second kappa shape index (κ2) is 8.34. The van der Waals surface area contributed by atoms with Crippen LogP contribution in [-0.2, 0) is 0 Å². The van der Waals surface area contributed by atoms with Crippen LogP contribution in [-0.4, -0.2) is 4.57 Å². The Balaban J connectivity index is 1.64. The van der Waals surface area contributed by atoms with Crippen molar-refractivity contribution in [2.75, 3.05) is 0 Å². The van der Waals surface area contributed by atoms with Crippen molar-refractivity contribution in [2.45, 2.75) is 0 Å². The maximum Gasteiger partial charge on any atom is 0.0998 e. The summed E-state index contributed by atoms with van der Waals surface area (Å²) in [7, 11) is 0. The molecule has 0 N–H and O–H groups in total. The van der Waals surface area contributed by atoms with E-state index < -0.39 is 0 Å². The number of hydrogen-bond donors (Lipinski definition) is 0. The lowest BCUT2D eigenvalue weighted by Crippen LogP contribution is -1.94. The third-order valence-electron chi connectivity index (χ3n) is 6.50. The van der Waals surface area contributed by atoms with Crippen LogP contribution in [0.4, 0.5) is 0 Å². The number of hydrogen-bond acceptors (Lipinski definition) is 2. The van der Waals surface area contributed by atoms with E-state index in [-0.39, 0.29) is 0 Å². The van der Waals surface area contributed by atoms with Crippen LogP contribution in [0, 0.1) is 22.7 Å². The molecular weight excluding hydrogens is 426 g/mol. The lowest BCUT2D eigenvalue weighted by Gasteiger charge is -2.11. The summed E-state index contributed by atoms with van der Waals surface area (Å²) in [4.78, 5) is 0. The zero-order valence-electron chi connectivity index (χ0n) is 18.8. The summed E-state index contributed by atoms with van der Waals surface area (Å²) in [5.74, 6) is 0.